The van der Waals surface area contributed by atoms with Gasteiger partial charge in [-0.2, -0.15) is 0 Å². The fourth-order valence-corrected chi connectivity index (χ4v) is 4.37. The minimum atomic E-state index is -3.67. The van der Waals surface area contributed by atoms with Gasteiger partial charge in [0.2, 0.25) is 15.9 Å². The molecule has 3 rings (SSSR count). The molecule has 0 unspecified atom stereocenters. The van der Waals surface area contributed by atoms with E-state index in [4.69, 9.17) is 4.52 Å². The molecule has 0 aliphatic rings. The number of anilines is 1. The zero-order valence-electron chi connectivity index (χ0n) is 16.7. The number of nitrogens with one attached hydrogen (secondary N) is 2. The van der Waals surface area contributed by atoms with Gasteiger partial charge in [-0.25, -0.2) is 13.1 Å². The van der Waals surface area contributed by atoms with Crippen molar-refractivity contribution < 1.29 is 17.7 Å². The highest BCUT2D eigenvalue weighted by Crippen LogP contribution is 2.18. The molecule has 0 radical (unpaired) electrons. The Labute approximate surface area is 178 Å². The molecule has 0 aliphatic heterocycles. The van der Waals surface area contributed by atoms with Crippen molar-refractivity contribution in [2.45, 2.75) is 43.9 Å². The van der Waals surface area contributed by atoms with E-state index < -0.39 is 10.0 Å². The fourth-order valence-electron chi connectivity index (χ4n) is 2.57. The summed E-state index contributed by atoms with van der Waals surface area (Å²) >= 11 is 1.20. The molecular formula is C18H22N6O4S2. The Morgan fingerprint density at radius 3 is 2.57 bits per heavy atom. The second kappa shape index (κ2) is 9.41. The van der Waals surface area contributed by atoms with Crippen LogP contribution in [0, 0.1) is 13.8 Å². The summed E-state index contributed by atoms with van der Waals surface area (Å²) in [5, 5.41) is 15.0. The molecule has 0 saturated carbocycles. The van der Waals surface area contributed by atoms with Gasteiger partial charge in [-0.1, -0.05) is 34.6 Å². The fraction of sp³-hybridized carbons (Fsp3) is 0.333. The molecule has 0 bridgehead atoms. The van der Waals surface area contributed by atoms with Gasteiger partial charge >= 0.3 is 0 Å². The molecule has 0 spiro atoms. The van der Waals surface area contributed by atoms with E-state index >= 15 is 0 Å². The standard InChI is InChI=1S/C18H22N6O4S2/c1-4-24-16(10-19-30(26,27)14-7-5-12(2)6-8-14)21-22-18(24)29-11-17(25)20-15-9-13(3)28-23-15/h5-9,19H,4,10-11H2,1-3H3,(H,20,23,25). The van der Waals surface area contributed by atoms with Gasteiger partial charge in [0.05, 0.1) is 17.2 Å². The third-order valence-electron chi connectivity index (χ3n) is 4.09. The third kappa shape index (κ3) is 5.46. The third-order valence-corrected chi connectivity index (χ3v) is 6.47. The SMILES string of the molecule is CCn1c(CNS(=O)(=O)c2ccc(C)cc2)nnc1SCC(=O)Nc1cc(C)on1. The largest absolute Gasteiger partial charge is 0.360 e. The maximum Gasteiger partial charge on any atom is 0.240 e. The van der Waals surface area contributed by atoms with Crippen LogP contribution in [-0.4, -0.2) is 40.0 Å². The smallest absolute Gasteiger partial charge is 0.240 e. The van der Waals surface area contributed by atoms with Gasteiger partial charge in [0.1, 0.15) is 11.6 Å². The van der Waals surface area contributed by atoms with Gasteiger partial charge in [-0.3, -0.25) is 4.79 Å². The number of aromatic nitrogens is 4. The number of amides is 1. The number of rotatable bonds is 9. The first-order chi connectivity index (χ1) is 14.3. The summed E-state index contributed by atoms with van der Waals surface area (Å²) in [5.41, 5.74) is 0.976. The first-order valence-corrected chi connectivity index (χ1v) is 11.6. The Morgan fingerprint density at radius 1 is 1.20 bits per heavy atom. The summed E-state index contributed by atoms with van der Waals surface area (Å²) in [6.07, 6.45) is 0. The van der Waals surface area contributed by atoms with E-state index in [9.17, 15) is 13.2 Å². The molecule has 2 aromatic heterocycles. The van der Waals surface area contributed by atoms with E-state index in [0.717, 1.165) is 5.56 Å². The lowest BCUT2D eigenvalue weighted by Gasteiger charge is -2.09. The topological polar surface area (TPSA) is 132 Å². The number of nitrogens with zero attached hydrogens (tertiary/aromatic N) is 4. The highest BCUT2D eigenvalue weighted by molar-refractivity contribution is 7.99. The summed E-state index contributed by atoms with van der Waals surface area (Å²) in [6, 6.07) is 8.21. The van der Waals surface area contributed by atoms with Crippen LogP contribution < -0.4 is 10.0 Å². The lowest BCUT2D eigenvalue weighted by Crippen LogP contribution is -2.25. The Hall–Kier alpha value is -2.70. The Bertz CT molecular complexity index is 1120. The van der Waals surface area contributed by atoms with Crippen LogP contribution in [0.1, 0.15) is 24.1 Å². The average Bonchev–Trinajstić information content (AvgIpc) is 3.30. The summed E-state index contributed by atoms with van der Waals surface area (Å²) in [6.45, 7) is 6.03. The van der Waals surface area contributed by atoms with E-state index in [1.165, 1.54) is 11.8 Å². The van der Waals surface area contributed by atoms with Crippen molar-refractivity contribution in [1.82, 2.24) is 24.6 Å². The number of aryl methyl sites for hydroxylation is 2. The monoisotopic (exact) mass is 450 g/mol. The maximum atomic E-state index is 12.5. The average molecular weight is 451 g/mol. The molecule has 2 N–H and O–H groups in total. The van der Waals surface area contributed by atoms with Crippen LogP contribution in [0.2, 0.25) is 0 Å². The van der Waals surface area contributed by atoms with Crippen LogP contribution >= 0.6 is 11.8 Å². The summed E-state index contributed by atoms with van der Waals surface area (Å²) in [5.74, 6) is 1.24. The van der Waals surface area contributed by atoms with Crippen molar-refractivity contribution in [2.75, 3.05) is 11.1 Å². The first kappa shape index (κ1) is 22.0. The van der Waals surface area contributed by atoms with Crippen molar-refractivity contribution in [2.24, 2.45) is 0 Å². The molecule has 160 valence electrons. The van der Waals surface area contributed by atoms with E-state index in [1.54, 1.807) is 41.8 Å². The van der Waals surface area contributed by atoms with Crippen molar-refractivity contribution in [1.29, 1.82) is 0 Å². The number of sulfonamides is 1. The van der Waals surface area contributed by atoms with E-state index in [0.29, 0.717) is 29.1 Å². The Kier molecular flexibility index (Phi) is 6.90. The van der Waals surface area contributed by atoms with Crippen molar-refractivity contribution >= 4 is 33.5 Å². The molecule has 2 heterocycles. The number of carbonyl (C=O) groups is 1. The van der Waals surface area contributed by atoms with Gasteiger partial charge in [-0.15, -0.1) is 10.2 Å². The zero-order valence-corrected chi connectivity index (χ0v) is 18.4. The van der Waals surface area contributed by atoms with Gasteiger partial charge in [0.25, 0.3) is 0 Å². The molecule has 1 aromatic carbocycles. The van der Waals surface area contributed by atoms with Crippen LogP contribution in [0.25, 0.3) is 0 Å². The van der Waals surface area contributed by atoms with Crippen LogP contribution in [0.3, 0.4) is 0 Å². The van der Waals surface area contributed by atoms with Crippen LogP contribution in [0.15, 0.2) is 44.9 Å². The zero-order chi connectivity index (χ0) is 21.7. The summed E-state index contributed by atoms with van der Waals surface area (Å²) < 4.78 is 34.2. The Balaban J connectivity index is 1.61. The lowest BCUT2D eigenvalue weighted by molar-refractivity contribution is -0.113. The van der Waals surface area contributed by atoms with Gasteiger partial charge in [0, 0.05) is 12.6 Å². The van der Waals surface area contributed by atoms with Crippen LogP contribution in [0.5, 0.6) is 0 Å². The highest BCUT2D eigenvalue weighted by Gasteiger charge is 2.18. The minimum Gasteiger partial charge on any atom is -0.360 e. The number of thioether (sulfide) groups is 1. The second-order valence-electron chi connectivity index (χ2n) is 6.44. The van der Waals surface area contributed by atoms with Crippen LogP contribution in [-0.2, 0) is 27.9 Å². The summed E-state index contributed by atoms with van der Waals surface area (Å²) in [4.78, 5) is 12.3. The van der Waals surface area contributed by atoms with Crippen LogP contribution in [0.4, 0.5) is 5.82 Å². The second-order valence-corrected chi connectivity index (χ2v) is 9.15. The van der Waals surface area contributed by atoms with Gasteiger partial charge in [-0.05, 0) is 32.9 Å². The first-order valence-electron chi connectivity index (χ1n) is 9.13. The Morgan fingerprint density at radius 2 is 1.93 bits per heavy atom. The molecule has 0 aliphatic carbocycles. The number of carbonyl (C=O) groups excluding carboxylic acids is 1. The minimum absolute atomic E-state index is 0.0119. The van der Waals surface area contributed by atoms with E-state index in [2.05, 4.69) is 25.4 Å². The predicted molar refractivity (Wildman–Crippen MR) is 111 cm³/mol. The molecule has 30 heavy (non-hydrogen) atoms. The quantitative estimate of drug-likeness (QED) is 0.474. The highest BCUT2D eigenvalue weighted by atomic mass is 32.2. The van der Waals surface area contributed by atoms with E-state index in [1.807, 2.05) is 13.8 Å². The van der Waals surface area contributed by atoms with E-state index in [-0.39, 0.29) is 23.1 Å². The van der Waals surface area contributed by atoms with Gasteiger partial charge in [0.15, 0.2) is 11.0 Å². The van der Waals surface area contributed by atoms with Crippen molar-refractivity contribution in [3.8, 4) is 0 Å². The molecule has 1 amide bonds. The van der Waals surface area contributed by atoms with Gasteiger partial charge < -0.3 is 14.4 Å². The maximum absolute atomic E-state index is 12.5. The molecule has 3 aromatic rings. The lowest BCUT2D eigenvalue weighted by atomic mass is 10.2. The molecule has 0 atom stereocenters. The number of benzene rings is 1. The molecular weight excluding hydrogens is 428 g/mol. The van der Waals surface area contributed by atoms with Crippen molar-refractivity contribution in [3.63, 3.8) is 0 Å². The molecule has 0 saturated heterocycles. The molecule has 12 heteroatoms. The molecule has 0 fully saturated rings. The van der Waals surface area contributed by atoms with Crippen molar-refractivity contribution in [3.05, 3.63) is 47.5 Å². The summed E-state index contributed by atoms with van der Waals surface area (Å²) in [7, 11) is -3.67. The number of hydrogen-bond acceptors (Lipinski definition) is 8. The molecule has 10 nitrogen and oxygen atoms in total. The number of hydrogen-bond donors (Lipinski definition) is 2. The predicted octanol–water partition coefficient (Wildman–Crippen LogP) is 2.11. The normalized spacial score (nSPS) is 11.6.